The predicted molar refractivity (Wildman–Crippen MR) is 44.0 cm³/mol. The van der Waals surface area contributed by atoms with Gasteiger partial charge in [-0.15, -0.1) is 12.3 Å². The Morgan fingerprint density at radius 3 is 3.00 bits per heavy atom. The average Bonchev–Trinajstić information content (AvgIpc) is 2.07. The molecule has 0 bridgehead atoms. The summed E-state index contributed by atoms with van der Waals surface area (Å²) in [5.74, 6) is 2.35. The number of halogens is 1. The first-order valence-electron chi connectivity index (χ1n) is 4.15. The van der Waals surface area contributed by atoms with Crippen molar-refractivity contribution in [3.63, 3.8) is 0 Å². The zero-order valence-corrected chi connectivity index (χ0v) is 6.65. The minimum Gasteiger partial charge on any atom is -0.311 e. The summed E-state index contributed by atoms with van der Waals surface area (Å²) in [6.07, 6.45) is 7.65. The van der Waals surface area contributed by atoms with Gasteiger partial charge in [0.15, 0.2) is 0 Å². The van der Waals surface area contributed by atoms with Gasteiger partial charge >= 0.3 is 0 Å². The molecule has 0 aromatic carbocycles. The smallest absolute Gasteiger partial charge is 0.126 e. The van der Waals surface area contributed by atoms with E-state index in [1.54, 1.807) is 0 Å². The molecule has 62 valence electrons. The van der Waals surface area contributed by atoms with E-state index < -0.39 is 6.17 Å². The van der Waals surface area contributed by atoms with E-state index >= 15 is 0 Å². The van der Waals surface area contributed by atoms with E-state index in [0.717, 1.165) is 19.4 Å². The minimum atomic E-state index is -0.847. The first-order valence-corrected chi connectivity index (χ1v) is 4.15. The predicted octanol–water partition coefficient (Wildman–Crippen LogP) is 1.49. The lowest BCUT2D eigenvalue weighted by atomic mass is 9.99. The highest BCUT2D eigenvalue weighted by Gasteiger charge is 2.21. The Hall–Kier alpha value is -0.550. The summed E-state index contributed by atoms with van der Waals surface area (Å²) >= 11 is 0. The van der Waals surface area contributed by atoms with Crippen LogP contribution >= 0.6 is 0 Å². The van der Waals surface area contributed by atoms with E-state index in [1.807, 2.05) is 0 Å². The highest BCUT2D eigenvalue weighted by molar-refractivity contribution is 4.92. The lowest BCUT2D eigenvalue weighted by Gasteiger charge is -2.25. The van der Waals surface area contributed by atoms with Gasteiger partial charge in [0.1, 0.15) is 6.17 Å². The van der Waals surface area contributed by atoms with Crippen molar-refractivity contribution in [1.82, 2.24) is 5.32 Å². The van der Waals surface area contributed by atoms with Gasteiger partial charge < -0.3 is 5.32 Å². The van der Waals surface area contributed by atoms with E-state index in [-0.39, 0.29) is 12.5 Å². The Bertz CT molecular complexity index is 144. The molecule has 0 saturated carbocycles. The molecule has 1 nitrogen and oxygen atoms in total. The molecule has 0 spiro atoms. The normalized spacial score (nSPS) is 27.5. The molecule has 1 heterocycles. The van der Waals surface area contributed by atoms with Gasteiger partial charge in [-0.05, 0) is 19.4 Å². The Morgan fingerprint density at radius 1 is 1.64 bits per heavy atom. The maximum atomic E-state index is 13.1. The second-order valence-electron chi connectivity index (χ2n) is 2.98. The van der Waals surface area contributed by atoms with Crippen LogP contribution in [0.2, 0.25) is 0 Å². The second kappa shape index (κ2) is 4.35. The number of hydrogen-bond donors (Lipinski definition) is 1. The molecule has 1 fully saturated rings. The van der Waals surface area contributed by atoms with E-state index in [1.165, 1.54) is 6.42 Å². The van der Waals surface area contributed by atoms with Crippen molar-refractivity contribution in [2.45, 2.75) is 37.9 Å². The van der Waals surface area contributed by atoms with Crippen LogP contribution in [0.3, 0.4) is 0 Å². The number of alkyl halides is 1. The van der Waals surface area contributed by atoms with Crippen LogP contribution in [-0.2, 0) is 0 Å². The minimum absolute atomic E-state index is 0.0137. The SMILES string of the molecule is C#CCC(F)C1CCCCN1. The monoisotopic (exact) mass is 155 g/mol. The lowest BCUT2D eigenvalue weighted by Crippen LogP contribution is -2.40. The molecular formula is C9H14FN. The topological polar surface area (TPSA) is 12.0 Å². The summed E-state index contributed by atoms with van der Waals surface area (Å²) in [4.78, 5) is 0. The molecule has 0 aromatic heterocycles. The molecule has 2 unspecified atom stereocenters. The molecule has 2 atom stereocenters. The van der Waals surface area contributed by atoms with Crippen molar-refractivity contribution < 1.29 is 4.39 Å². The van der Waals surface area contributed by atoms with Crippen LogP contribution in [-0.4, -0.2) is 18.8 Å². The zero-order chi connectivity index (χ0) is 8.10. The van der Waals surface area contributed by atoms with Crippen LogP contribution in [0.25, 0.3) is 0 Å². The van der Waals surface area contributed by atoms with Crippen molar-refractivity contribution in [2.24, 2.45) is 0 Å². The zero-order valence-electron chi connectivity index (χ0n) is 6.65. The molecule has 1 rings (SSSR count). The summed E-state index contributed by atoms with van der Waals surface area (Å²) in [7, 11) is 0. The summed E-state index contributed by atoms with van der Waals surface area (Å²) in [6.45, 7) is 0.940. The molecule has 0 aromatic rings. The fraction of sp³-hybridized carbons (Fsp3) is 0.778. The van der Waals surface area contributed by atoms with Crippen LogP contribution < -0.4 is 5.32 Å². The maximum Gasteiger partial charge on any atom is 0.126 e. The molecule has 0 radical (unpaired) electrons. The Labute approximate surface area is 67.4 Å². The van der Waals surface area contributed by atoms with E-state index in [2.05, 4.69) is 11.2 Å². The van der Waals surface area contributed by atoms with Crippen molar-refractivity contribution in [2.75, 3.05) is 6.54 Å². The molecule has 1 aliphatic heterocycles. The van der Waals surface area contributed by atoms with Gasteiger partial charge in [0.25, 0.3) is 0 Å². The van der Waals surface area contributed by atoms with Gasteiger partial charge in [0.2, 0.25) is 0 Å². The molecule has 2 heteroatoms. The number of nitrogens with one attached hydrogen (secondary N) is 1. The summed E-state index contributed by atoms with van der Waals surface area (Å²) in [5, 5.41) is 3.13. The molecule has 0 amide bonds. The van der Waals surface area contributed by atoms with Crippen LogP contribution in [0.1, 0.15) is 25.7 Å². The fourth-order valence-corrected chi connectivity index (χ4v) is 1.44. The summed E-state index contributed by atoms with van der Waals surface area (Å²) in [5.41, 5.74) is 0. The fourth-order valence-electron chi connectivity index (χ4n) is 1.44. The van der Waals surface area contributed by atoms with Crippen LogP contribution in [0.4, 0.5) is 4.39 Å². The Kier molecular flexibility index (Phi) is 3.38. The Morgan fingerprint density at radius 2 is 2.45 bits per heavy atom. The van der Waals surface area contributed by atoms with Crippen LogP contribution in [0.5, 0.6) is 0 Å². The standard InChI is InChI=1S/C9H14FN/c1-2-5-8(10)9-6-3-4-7-11-9/h1,8-9,11H,3-7H2. The third-order valence-corrected chi connectivity index (χ3v) is 2.10. The van der Waals surface area contributed by atoms with Crippen molar-refractivity contribution in [3.05, 3.63) is 0 Å². The van der Waals surface area contributed by atoms with Crippen molar-refractivity contribution >= 4 is 0 Å². The first kappa shape index (κ1) is 8.55. The highest BCUT2D eigenvalue weighted by Crippen LogP contribution is 2.14. The molecule has 1 saturated heterocycles. The third-order valence-electron chi connectivity index (χ3n) is 2.10. The number of rotatable bonds is 2. The van der Waals surface area contributed by atoms with Gasteiger partial charge in [-0.25, -0.2) is 4.39 Å². The summed E-state index contributed by atoms with van der Waals surface area (Å²) < 4.78 is 13.1. The quantitative estimate of drug-likeness (QED) is 0.596. The van der Waals surface area contributed by atoms with Gasteiger partial charge in [0, 0.05) is 12.5 Å². The van der Waals surface area contributed by atoms with Crippen LogP contribution in [0.15, 0.2) is 0 Å². The molecule has 0 aliphatic carbocycles. The van der Waals surface area contributed by atoms with Crippen molar-refractivity contribution in [3.8, 4) is 12.3 Å². The number of terminal acetylenes is 1. The third kappa shape index (κ3) is 2.51. The molecular weight excluding hydrogens is 141 g/mol. The van der Waals surface area contributed by atoms with Crippen LogP contribution in [0, 0.1) is 12.3 Å². The van der Waals surface area contributed by atoms with Gasteiger partial charge in [-0.3, -0.25) is 0 Å². The maximum absolute atomic E-state index is 13.1. The molecule has 1 aliphatic rings. The van der Waals surface area contributed by atoms with Gasteiger partial charge in [-0.1, -0.05) is 6.42 Å². The Balaban J connectivity index is 2.27. The van der Waals surface area contributed by atoms with Gasteiger partial charge in [0.05, 0.1) is 0 Å². The lowest BCUT2D eigenvalue weighted by molar-refractivity contribution is 0.222. The summed E-state index contributed by atoms with van der Waals surface area (Å²) in [6, 6.07) is 0.0137. The largest absolute Gasteiger partial charge is 0.311 e. The van der Waals surface area contributed by atoms with E-state index in [0.29, 0.717) is 0 Å². The van der Waals surface area contributed by atoms with Gasteiger partial charge in [-0.2, -0.15) is 0 Å². The highest BCUT2D eigenvalue weighted by atomic mass is 19.1. The van der Waals surface area contributed by atoms with E-state index in [9.17, 15) is 4.39 Å². The number of piperidine rings is 1. The molecule has 1 N–H and O–H groups in total. The van der Waals surface area contributed by atoms with Crippen molar-refractivity contribution in [1.29, 1.82) is 0 Å². The second-order valence-corrected chi connectivity index (χ2v) is 2.98. The molecule has 11 heavy (non-hydrogen) atoms. The van der Waals surface area contributed by atoms with E-state index in [4.69, 9.17) is 6.42 Å². The average molecular weight is 155 g/mol. The first-order chi connectivity index (χ1) is 5.34. The number of hydrogen-bond acceptors (Lipinski definition) is 1.